The second-order valence-corrected chi connectivity index (χ2v) is 7.67. The van der Waals surface area contributed by atoms with Crippen molar-refractivity contribution in [1.29, 1.82) is 0 Å². The summed E-state index contributed by atoms with van der Waals surface area (Å²) in [6.07, 6.45) is 0. The van der Waals surface area contributed by atoms with E-state index in [1.54, 1.807) is 36.4 Å². The van der Waals surface area contributed by atoms with Gasteiger partial charge in [0.25, 0.3) is 11.8 Å². The van der Waals surface area contributed by atoms with Gasteiger partial charge in [0.05, 0.1) is 18.2 Å². The molecule has 3 aromatic rings. The monoisotopic (exact) mass is 480 g/mol. The second-order valence-electron chi connectivity index (χ2n) is 7.24. The summed E-state index contributed by atoms with van der Waals surface area (Å²) in [6.45, 7) is 1.35. The number of halogens is 1. The molecule has 0 radical (unpaired) electrons. The fraction of sp³-hybridized carbons (Fsp3) is 0.192. The van der Waals surface area contributed by atoms with Gasteiger partial charge < -0.3 is 20.1 Å². The molecule has 0 aliphatic carbocycles. The fourth-order valence-electron chi connectivity index (χ4n) is 3.24. The number of carbonyl (C=O) groups excluding carboxylic acids is 3. The lowest BCUT2D eigenvalue weighted by Gasteiger charge is -2.20. The highest BCUT2D eigenvalue weighted by molar-refractivity contribution is 6.30. The fourth-order valence-corrected chi connectivity index (χ4v) is 3.37. The number of para-hydroxylation sites is 1. The molecule has 0 aromatic heterocycles. The second kappa shape index (κ2) is 12.4. The summed E-state index contributed by atoms with van der Waals surface area (Å²) in [5, 5.41) is 5.94. The van der Waals surface area contributed by atoms with Gasteiger partial charge in [-0.3, -0.25) is 14.4 Å². The molecular formula is C26H25ClN2O5. The zero-order chi connectivity index (χ0) is 24.3. The van der Waals surface area contributed by atoms with E-state index in [4.69, 9.17) is 21.1 Å². The van der Waals surface area contributed by atoms with Crippen LogP contribution in [0.2, 0.25) is 5.02 Å². The van der Waals surface area contributed by atoms with Crippen LogP contribution < -0.4 is 15.4 Å². The van der Waals surface area contributed by atoms with Crippen molar-refractivity contribution in [2.75, 3.05) is 19.8 Å². The van der Waals surface area contributed by atoms with Crippen molar-refractivity contribution in [2.24, 2.45) is 0 Å². The summed E-state index contributed by atoms with van der Waals surface area (Å²) >= 11 is 5.99. The van der Waals surface area contributed by atoms with Gasteiger partial charge in [-0.1, -0.05) is 66.2 Å². The zero-order valence-electron chi connectivity index (χ0n) is 18.6. The van der Waals surface area contributed by atoms with Gasteiger partial charge in [0.2, 0.25) is 0 Å². The predicted octanol–water partition coefficient (Wildman–Crippen LogP) is 3.92. The molecule has 1 atom stereocenters. The van der Waals surface area contributed by atoms with Gasteiger partial charge in [-0.25, -0.2) is 0 Å². The lowest BCUT2D eigenvalue weighted by atomic mass is 9.99. The maximum Gasteiger partial charge on any atom is 0.325 e. The van der Waals surface area contributed by atoms with Crippen molar-refractivity contribution in [3.8, 4) is 5.75 Å². The van der Waals surface area contributed by atoms with Gasteiger partial charge in [-0.15, -0.1) is 0 Å². The van der Waals surface area contributed by atoms with Gasteiger partial charge in [0, 0.05) is 5.02 Å². The quantitative estimate of drug-likeness (QED) is 0.429. The molecule has 1 unspecified atom stereocenters. The molecule has 0 bridgehead atoms. The van der Waals surface area contributed by atoms with Crippen LogP contribution in [0.5, 0.6) is 5.75 Å². The predicted molar refractivity (Wildman–Crippen MR) is 129 cm³/mol. The average Bonchev–Trinajstić information content (AvgIpc) is 2.86. The Morgan fingerprint density at radius 2 is 1.53 bits per heavy atom. The van der Waals surface area contributed by atoms with Crippen LogP contribution in [-0.2, 0) is 14.3 Å². The molecule has 0 fully saturated rings. The maximum absolute atomic E-state index is 12.5. The van der Waals surface area contributed by atoms with E-state index in [0.717, 1.165) is 11.1 Å². The Hall–Kier alpha value is -3.84. The SMILES string of the molecule is CCOc1ccccc1C(=O)NCC(=O)OCC(=O)NC(c1ccccc1)c1ccc(Cl)cc1. The molecule has 7 nitrogen and oxygen atoms in total. The van der Waals surface area contributed by atoms with Gasteiger partial charge in [-0.05, 0) is 42.3 Å². The molecule has 0 heterocycles. The van der Waals surface area contributed by atoms with Crippen LogP contribution >= 0.6 is 11.6 Å². The molecule has 0 saturated carbocycles. The molecule has 176 valence electrons. The Balaban J connectivity index is 1.54. The number of hydrogen-bond donors (Lipinski definition) is 2. The van der Waals surface area contributed by atoms with Crippen LogP contribution in [0, 0.1) is 0 Å². The highest BCUT2D eigenvalue weighted by Gasteiger charge is 2.18. The molecule has 2 N–H and O–H groups in total. The van der Waals surface area contributed by atoms with Crippen LogP contribution in [0.3, 0.4) is 0 Å². The van der Waals surface area contributed by atoms with Gasteiger partial charge in [-0.2, -0.15) is 0 Å². The van der Waals surface area contributed by atoms with Crippen molar-refractivity contribution in [3.63, 3.8) is 0 Å². The lowest BCUT2D eigenvalue weighted by molar-refractivity contribution is -0.147. The molecular weight excluding hydrogens is 456 g/mol. The zero-order valence-corrected chi connectivity index (χ0v) is 19.4. The maximum atomic E-state index is 12.5. The highest BCUT2D eigenvalue weighted by atomic mass is 35.5. The highest BCUT2D eigenvalue weighted by Crippen LogP contribution is 2.23. The van der Waals surface area contributed by atoms with Gasteiger partial charge in [0.15, 0.2) is 6.61 Å². The Morgan fingerprint density at radius 1 is 0.882 bits per heavy atom. The number of benzene rings is 3. The first kappa shape index (κ1) is 24.8. The lowest BCUT2D eigenvalue weighted by Crippen LogP contribution is -2.35. The normalized spacial score (nSPS) is 11.2. The van der Waals surface area contributed by atoms with Crippen LogP contribution in [0.1, 0.15) is 34.5 Å². The minimum atomic E-state index is -0.736. The molecule has 34 heavy (non-hydrogen) atoms. The molecule has 0 saturated heterocycles. The van der Waals surface area contributed by atoms with E-state index < -0.39 is 30.4 Å². The van der Waals surface area contributed by atoms with Crippen molar-refractivity contribution < 1.29 is 23.9 Å². The summed E-state index contributed by atoms with van der Waals surface area (Å²) in [4.78, 5) is 37.0. The van der Waals surface area contributed by atoms with Crippen molar-refractivity contribution >= 4 is 29.4 Å². The van der Waals surface area contributed by atoms with E-state index >= 15 is 0 Å². The summed E-state index contributed by atoms with van der Waals surface area (Å²) in [6, 6.07) is 22.8. The Morgan fingerprint density at radius 3 is 2.24 bits per heavy atom. The Labute approximate surface area is 203 Å². The number of rotatable bonds is 10. The number of amides is 2. The van der Waals surface area contributed by atoms with E-state index in [-0.39, 0.29) is 6.54 Å². The van der Waals surface area contributed by atoms with E-state index in [1.807, 2.05) is 49.4 Å². The smallest absolute Gasteiger partial charge is 0.325 e. The molecule has 3 aromatic carbocycles. The number of carbonyl (C=O) groups is 3. The van der Waals surface area contributed by atoms with E-state index in [2.05, 4.69) is 10.6 Å². The van der Waals surface area contributed by atoms with Crippen molar-refractivity contribution in [2.45, 2.75) is 13.0 Å². The third-order valence-corrected chi connectivity index (χ3v) is 5.08. The average molecular weight is 481 g/mol. The standard InChI is InChI=1S/C26H25ClN2O5/c1-2-33-22-11-7-6-10-21(22)26(32)28-16-24(31)34-17-23(30)29-25(18-8-4-3-5-9-18)19-12-14-20(27)15-13-19/h3-15,25H,2,16-17H2,1H3,(H,28,32)(H,29,30). The van der Waals surface area contributed by atoms with E-state index in [0.29, 0.717) is 22.9 Å². The minimum Gasteiger partial charge on any atom is -0.493 e. The number of nitrogens with one attached hydrogen (secondary N) is 2. The molecule has 0 spiro atoms. The molecule has 2 amide bonds. The number of esters is 1. The minimum absolute atomic E-state index is 0.309. The third-order valence-electron chi connectivity index (χ3n) is 4.83. The first-order valence-electron chi connectivity index (χ1n) is 10.7. The summed E-state index contributed by atoms with van der Waals surface area (Å²) in [5.74, 6) is -1.27. The molecule has 0 aliphatic rings. The van der Waals surface area contributed by atoms with Crippen molar-refractivity contribution in [3.05, 3.63) is 101 Å². The van der Waals surface area contributed by atoms with E-state index in [1.165, 1.54) is 0 Å². The Kier molecular flexibility index (Phi) is 9.05. The molecule has 3 rings (SSSR count). The van der Waals surface area contributed by atoms with E-state index in [9.17, 15) is 14.4 Å². The van der Waals surface area contributed by atoms with Crippen LogP contribution in [0.4, 0.5) is 0 Å². The topological polar surface area (TPSA) is 93.7 Å². The first-order chi connectivity index (χ1) is 16.5. The number of ether oxygens (including phenoxy) is 2. The largest absolute Gasteiger partial charge is 0.493 e. The first-order valence-corrected chi connectivity index (χ1v) is 11.1. The summed E-state index contributed by atoms with van der Waals surface area (Å²) in [7, 11) is 0. The summed E-state index contributed by atoms with van der Waals surface area (Å²) in [5.41, 5.74) is 2.00. The number of hydrogen-bond acceptors (Lipinski definition) is 5. The van der Waals surface area contributed by atoms with Crippen LogP contribution in [-0.4, -0.2) is 37.5 Å². The molecule has 8 heteroatoms. The van der Waals surface area contributed by atoms with Gasteiger partial charge in [0.1, 0.15) is 12.3 Å². The van der Waals surface area contributed by atoms with Gasteiger partial charge >= 0.3 is 5.97 Å². The van der Waals surface area contributed by atoms with Crippen LogP contribution in [0.25, 0.3) is 0 Å². The van der Waals surface area contributed by atoms with Crippen molar-refractivity contribution in [1.82, 2.24) is 10.6 Å². The Bertz CT molecular complexity index is 1120. The summed E-state index contributed by atoms with van der Waals surface area (Å²) < 4.78 is 10.5. The molecule has 0 aliphatic heterocycles. The van der Waals surface area contributed by atoms with Crippen LogP contribution in [0.15, 0.2) is 78.9 Å². The third kappa shape index (κ3) is 7.08.